The van der Waals surface area contributed by atoms with Crippen LogP contribution >= 0.6 is 0 Å². The Hall–Kier alpha value is -5.12. The molecule has 0 aliphatic heterocycles. The van der Waals surface area contributed by atoms with E-state index >= 15 is 4.39 Å². The first-order chi connectivity index (χ1) is 20.1. The van der Waals surface area contributed by atoms with Crippen LogP contribution in [0.3, 0.4) is 0 Å². The molecule has 2 aromatic carbocycles. The number of hydrogen-bond acceptors (Lipinski definition) is 7. The largest absolute Gasteiger partial charge is 0.496 e. The van der Waals surface area contributed by atoms with E-state index in [4.69, 9.17) is 14.2 Å². The Balaban J connectivity index is 1.46. The highest BCUT2D eigenvalue weighted by Gasteiger charge is 2.24. The maximum absolute atomic E-state index is 15.2. The van der Waals surface area contributed by atoms with Gasteiger partial charge in [-0.05, 0) is 43.7 Å². The van der Waals surface area contributed by atoms with Gasteiger partial charge in [-0.25, -0.2) is 13.8 Å². The summed E-state index contributed by atoms with van der Waals surface area (Å²) in [5.74, 6) is -0.763. The van der Waals surface area contributed by atoms with Crippen molar-refractivity contribution >= 4 is 16.8 Å². The summed E-state index contributed by atoms with van der Waals surface area (Å²) in [6, 6.07) is 11.3. The van der Waals surface area contributed by atoms with E-state index < -0.39 is 22.8 Å². The Bertz CT molecular complexity index is 1920. The molecule has 0 radical (unpaired) electrons. The van der Waals surface area contributed by atoms with Crippen LogP contribution in [-0.2, 0) is 13.5 Å². The minimum absolute atomic E-state index is 0.0324. The van der Waals surface area contributed by atoms with Crippen molar-refractivity contribution in [2.24, 2.45) is 7.05 Å². The third kappa shape index (κ3) is 5.18. The second-order valence-electron chi connectivity index (χ2n) is 9.67. The highest BCUT2D eigenvalue weighted by atomic mass is 19.1. The number of halogens is 2. The van der Waals surface area contributed by atoms with Crippen LogP contribution in [0.1, 0.15) is 27.3 Å². The smallest absolute Gasteiger partial charge is 0.200 e. The summed E-state index contributed by atoms with van der Waals surface area (Å²) in [5.41, 5.74) is 2.41. The van der Waals surface area contributed by atoms with E-state index in [-0.39, 0.29) is 29.0 Å². The third-order valence-electron chi connectivity index (χ3n) is 7.23. The molecule has 5 rings (SSSR count). The number of benzene rings is 2. The van der Waals surface area contributed by atoms with Gasteiger partial charge in [-0.3, -0.25) is 14.6 Å². The van der Waals surface area contributed by atoms with Gasteiger partial charge in [0.05, 0.1) is 37.1 Å². The molecule has 0 atom stereocenters. The van der Waals surface area contributed by atoms with Gasteiger partial charge in [0.25, 0.3) is 0 Å². The van der Waals surface area contributed by atoms with Gasteiger partial charge in [-0.15, -0.1) is 0 Å². The Morgan fingerprint density at radius 3 is 2.40 bits per heavy atom. The fourth-order valence-electron chi connectivity index (χ4n) is 4.87. The van der Waals surface area contributed by atoms with Crippen molar-refractivity contribution in [1.29, 1.82) is 0 Å². The molecule has 8 nitrogen and oxygen atoms in total. The zero-order valence-corrected chi connectivity index (χ0v) is 23.6. The van der Waals surface area contributed by atoms with Crippen LogP contribution in [0.4, 0.5) is 8.78 Å². The van der Waals surface area contributed by atoms with Crippen LogP contribution in [0.2, 0.25) is 0 Å². The lowest BCUT2D eigenvalue weighted by Crippen LogP contribution is -2.26. The minimum Gasteiger partial charge on any atom is -0.496 e. The molecule has 0 amide bonds. The van der Waals surface area contributed by atoms with Crippen LogP contribution in [0.5, 0.6) is 23.0 Å². The quantitative estimate of drug-likeness (QED) is 0.207. The minimum atomic E-state index is -0.691. The molecule has 0 aliphatic rings. The van der Waals surface area contributed by atoms with Gasteiger partial charge in [0, 0.05) is 54.8 Å². The van der Waals surface area contributed by atoms with E-state index in [1.807, 2.05) is 0 Å². The topological polar surface area (TPSA) is 92.5 Å². The van der Waals surface area contributed by atoms with Crippen molar-refractivity contribution in [2.45, 2.75) is 20.3 Å². The van der Waals surface area contributed by atoms with E-state index in [9.17, 15) is 14.0 Å². The van der Waals surface area contributed by atoms with Crippen molar-refractivity contribution in [3.63, 3.8) is 0 Å². The van der Waals surface area contributed by atoms with Crippen molar-refractivity contribution in [3.05, 3.63) is 105 Å². The van der Waals surface area contributed by atoms with Gasteiger partial charge >= 0.3 is 0 Å². The first kappa shape index (κ1) is 28.4. The number of methoxy groups -OCH3 is 2. The molecule has 10 heteroatoms. The van der Waals surface area contributed by atoms with Crippen molar-refractivity contribution in [3.8, 4) is 34.1 Å². The molecule has 3 aromatic heterocycles. The van der Waals surface area contributed by atoms with Crippen molar-refractivity contribution in [1.82, 2.24) is 14.5 Å². The number of hydrogen-bond donors (Lipinski definition) is 0. The zero-order valence-electron chi connectivity index (χ0n) is 23.6. The Kier molecular flexibility index (Phi) is 7.71. The number of nitrogens with zero attached hydrogens (tertiary/aromatic N) is 3. The van der Waals surface area contributed by atoms with Crippen molar-refractivity contribution < 1.29 is 27.8 Å². The van der Waals surface area contributed by atoms with Crippen LogP contribution in [0, 0.1) is 25.5 Å². The third-order valence-corrected chi connectivity index (χ3v) is 7.23. The van der Waals surface area contributed by atoms with Gasteiger partial charge in [0.2, 0.25) is 5.43 Å². The number of rotatable bonds is 8. The number of ether oxygens (including phenoxy) is 3. The number of Topliss-reactive ketones (excluding diaryl/α,β-unsaturated/α-hetero) is 1. The van der Waals surface area contributed by atoms with Crippen LogP contribution in [0.15, 0.2) is 65.7 Å². The number of carbonyl (C=O) groups excluding carboxylic acids is 1. The van der Waals surface area contributed by atoms with Gasteiger partial charge in [0.1, 0.15) is 22.8 Å². The van der Waals surface area contributed by atoms with Crippen molar-refractivity contribution in [2.75, 3.05) is 14.2 Å². The van der Waals surface area contributed by atoms with Gasteiger partial charge in [0.15, 0.2) is 23.1 Å². The van der Waals surface area contributed by atoms with Crippen LogP contribution < -0.4 is 19.6 Å². The standard InChI is InChI=1S/C32H27F2N3O5/c1-17-29(22-8-7-20(33)14-28(22)41-5)32(39)30(18(2)37(17)3)25(38)13-19-6-9-26(23(34)12-19)42-27-10-11-35-24-15-21(40-4)16-36-31(24)27/h6-12,14-16H,13H2,1-5H3. The second kappa shape index (κ2) is 11.4. The molecule has 0 N–H and O–H groups in total. The average molecular weight is 572 g/mol. The van der Waals surface area contributed by atoms with E-state index in [1.54, 1.807) is 43.7 Å². The van der Waals surface area contributed by atoms with E-state index in [0.29, 0.717) is 45.0 Å². The number of pyridine rings is 3. The number of ketones is 1. The number of carbonyl (C=O) groups is 1. The normalized spacial score (nSPS) is 11.0. The lowest BCUT2D eigenvalue weighted by atomic mass is 9.94. The molecule has 5 aromatic rings. The second-order valence-corrected chi connectivity index (χ2v) is 9.67. The zero-order chi connectivity index (χ0) is 30.1. The summed E-state index contributed by atoms with van der Waals surface area (Å²) in [6.07, 6.45) is 2.80. The predicted octanol–water partition coefficient (Wildman–Crippen LogP) is 6.13. The summed E-state index contributed by atoms with van der Waals surface area (Å²) in [6.45, 7) is 3.42. The Morgan fingerprint density at radius 2 is 1.69 bits per heavy atom. The summed E-state index contributed by atoms with van der Waals surface area (Å²) in [5, 5.41) is 0. The molecule has 0 bridgehead atoms. The highest BCUT2D eigenvalue weighted by molar-refractivity contribution is 5.99. The summed E-state index contributed by atoms with van der Waals surface area (Å²) >= 11 is 0. The molecular formula is C32H27F2N3O5. The first-order valence-electron chi connectivity index (χ1n) is 12.9. The first-order valence-corrected chi connectivity index (χ1v) is 12.9. The monoisotopic (exact) mass is 571 g/mol. The molecule has 214 valence electrons. The maximum atomic E-state index is 15.2. The molecule has 0 spiro atoms. The van der Waals surface area contributed by atoms with Gasteiger partial charge in [-0.2, -0.15) is 0 Å². The van der Waals surface area contributed by atoms with Crippen LogP contribution in [0.25, 0.3) is 22.2 Å². The molecule has 3 heterocycles. The summed E-state index contributed by atoms with van der Waals surface area (Å²) < 4.78 is 47.1. The lowest BCUT2D eigenvalue weighted by Gasteiger charge is -2.19. The van der Waals surface area contributed by atoms with Crippen LogP contribution in [-0.4, -0.2) is 34.5 Å². The average Bonchev–Trinajstić information content (AvgIpc) is 2.98. The predicted molar refractivity (Wildman–Crippen MR) is 154 cm³/mol. The van der Waals surface area contributed by atoms with E-state index in [1.165, 1.54) is 56.9 Å². The molecule has 0 saturated heterocycles. The molecule has 0 unspecified atom stereocenters. The molecular weight excluding hydrogens is 544 g/mol. The fourth-order valence-corrected chi connectivity index (χ4v) is 4.87. The number of aromatic nitrogens is 3. The molecule has 0 aliphatic carbocycles. The highest BCUT2D eigenvalue weighted by Crippen LogP contribution is 2.33. The van der Waals surface area contributed by atoms with E-state index in [2.05, 4.69) is 9.97 Å². The van der Waals surface area contributed by atoms with E-state index in [0.717, 1.165) is 0 Å². The number of fused-ring (bicyclic) bond motifs is 1. The summed E-state index contributed by atoms with van der Waals surface area (Å²) in [7, 11) is 4.63. The summed E-state index contributed by atoms with van der Waals surface area (Å²) in [4.78, 5) is 35.8. The lowest BCUT2D eigenvalue weighted by molar-refractivity contribution is 0.0990. The Labute approximate surface area is 240 Å². The molecule has 0 fully saturated rings. The SMILES string of the molecule is COc1cnc2c(Oc3ccc(CC(=O)c4c(C)n(C)c(C)c(-c5ccc(F)cc5OC)c4=O)cc3F)ccnc2c1. The molecule has 0 saturated carbocycles. The van der Waals surface area contributed by atoms with Gasteiger partial charge in [-0.1, -0.05) is 6.07 Å². The van der Waals surface area contributed by atoms with Gasteiger partial charge < -0.3 is 18.8 Å². The maximum Gasteiger partial charge on any atom is 0.200 e. The Morgan fingerprint density at radius 1 is 0.905 bits per heavy atom. The molecule has 42 heavy (non-hydrogen) atoms. The fraction of sp³-hybridized carbons (Fsp3) is 0.188.